The number of aryl methyl sites for hydroxylation is 1. The normalized spacial score (nSPS) is 13.6. The average molecular weight is 323 g/mol. The molecule has 124 valence electrons. The Morgan fingerprint density at radius 3 is 2.42 bits per heavy atom. The molecule has 0 radical (unpaired) electrons. The molecule has 5 heteroatoms. The lowest BCUT2D eigenvalue weighted by Crippen LogP contribution is -2.24. The number of rotatable bonds is 7. The highest BCUT2D eigenvalue weighted by Gasteiger charge is 2.17. The molecule has 3 aromatic rings. The monoisotopic (exact) mass is 323 g/mol. The highest BCUT2D eigenvalue weighted by atomic mass is 16.5. The van der Waals surface area contributed by atoms with Crippen LogP contribution in [-0.4, -0.2) is 32.8 Å². The van der Waals surface area contributed by atoms with Gasteiger partial charge >= 0.3 is 0 Å². The molecule has 0 bridgehead atoms. The van der Waals surface area contributed by atoms with E-state index in [0.717, 1.165) is 11.1 Å². The van der Waals surface area contributed by atoms with E-state index in [9.17, 15) is 5.11 Å². The van der Waals surface area contributed by atoms with Crippen LogP contribution in [0.4, 0.5) is 0 Å². The van der Waals surface area contributed by atoms with Crippen LogP contribution >= 0.6 is 0 Å². The van der Waals surface area contributed by atoms with E-state index in [-0.39, 0.29) is 12.7 Å². The van der Waals surface area contributed by atoms with Gasteiger partial charge in [-0.3, -0.25) is 0 Å². The SMILES string of the molecule is Cc1ccc([C@@H](OC[C@@H](O)Cn2ccnn2)c2ccccc2)cc1. The third-order valence-corrected chi connectivity index (χ3v) is 3.81. The Morgan fingerprint density at radius 2 is 1.75 bits per heavy atom. The van der Waals surface area contributed by atoms with Crippen molar-refractivity contribution in [3.63, 3.8) is 0 Å². The Balaban J connectivity index is 1.71. The number of aliphatic hydroxyl groups is 1. The summed E-state index contributed by atoms with van der Waals surface area (Å²) in [7, 11) is 0. The average Bonchev–Trinajstić information content (AvgIpc) is 3.10. The summed E-state index contributed by atoms with van der Waals surface area (Å²) >= 11 is 0. The van der Waals surface area contributed by atoms with Crippen molar-refractivity contribution >= 4 is 0 Å². The zero-order valence-electron chi connectivity index (χ0n) is 13.6. The van der Waals surface area contributed by atoms with Crippen molar-refractivity contribution < 1.29 is 9.84 Å². The number of aliphatic hydroxyl groups excluding tert-OH is 1. The van der Waals surface area contributed by atoms with Gasteiger partial charge in [-0.15, -0.1) is 5.10 Å². The molecular weight excluding hydrogens is 302 g/mol. The maximum absolute atomic E-state index is 10.2. The van der Waals surface area contributed by atoms with Gasteiger partial charge in [0.25, 0.3) is 0 Å². The van der Waals surface area contributed by atoms with Gasteiger partial charge in [0.05, 0.1) is 25.5 Å². The molecule has 0 amide bonds. The molecule has 0 saturated heterocycles. The topological polar surface area (TPSA) is 60.2 Å². The summed E-state index contributed by atoms with van der Waals surface area (Å²) in [5, 5.41) is 17.8. The van der Waals surface area contributed by atoms with Crippen LogP contribution in [0.5, 0.6) is 0 Å². The van der Waals surface area contributed by atoms with Gasteiger partial charge in [-0.05, 0) is 18.1 Å². The van der Waals surface area contributed by atoms with Crippen LogP contribution in [0.3, 0.4) is 0 Å². The summed E-state index contributed by atoms with van der Waals surface area (Å²) in [5.41, 5.74) is 3.34. The Morgan fingerprint density at radius 1 is 1.04 bits per heavy atom. The summed E-state index contributed by atoms with van der Waals surface area (Å²) < 4.78 is 7.65. The first kappa shape index (κ1) is 16.4. The second-order valence-electron chi connectivity index (χ2n) is 5.81. The Hall–Kier alpha value is -2.50. The van der Waals surface area contributed by atoms with Gasteiger partial charge in [0.2, 0.25) is 0 Å². The van der Waals surface area contributed by atoms with Crippen LogP contribution in [0.2, 0.25) is 0 Å². The quantitative estimate of drug-likeness (QED) is 0.726. The fourth-order valence-electron chi connectivity index (χ4n) is 2.56. The minimum absolute atomic E-state index is 0.211. The molecule has 0 fully saturated rings. The Labute approximate surface area is 141 Å². The van der Waals surface area contributed by atoms with Crippen LogP contribution in [0.15, 0.2) is 67.0 Å². The maximum atomic E-state index is 10.2. The predicted molar refractivity (Wildman–Crippen MR) is 91.4 cm³/mol. The van der Waals surface area contributed by atoms with E-state index in [2.05, 4.69) is 41.5 Å². The summed E-state index contributed by atoms with van der Waals surface area (Å²) in [6.07, 6.45) is 2.45. The first-order chi connectivity index (χ1) is 11.7. The largest absolute Gasteiger partial charge is 0.389 e. The van der Waals surface area contributed by atoms with Crippen molar-refractivity contribution in [2.75, 3.05) is 6.61 Å². The second-order valence-corrected chi connectivity index (χ2v) is 5.81. The summed E-state index contributed by atoms with van der Waals surface area (Å²) in [5.74, 6) is 0. The van der Waals surface area contributed by atoms with Gasteiger partial charge in [-0.25, -0.2) is 4.68 Å². The van der Waals surface area contributed by atoms with Crippen LogP contribution in [0.25, 0.3) is 0 Å². The highest BCUT2D eigenvalue weighted by molar-refractivity contribution is 5.31. The first-order valence-electron chi connectivity index (χ1n) is 7.97. The molecule has 2 atom stereocenters. The van der Waals surface area contributed by atoms with Crippen LogP contribution in [0, 0.1) is 6.92 Å². The van der Waals surface area contributed by atoms with Crippen molar-refractivity contribution in [2.45, 2.75) is 25.7 Å². The van der Waals surface area contributed by atoms with Gasteiger partial charge < -0.3 is 9.84 Å². The molecule has 0 saturated carbocycles. The van der Waals surface area contributed by atoms with Gasteiger partial charge in [0.1, 0.15) is 6.10 Å². The van der Waals surface area contributed by atoms with Crippen LogP contribution in [-0.2, 0) is 11.3 Å². The van der Waals surface area contributed by atoms with E-state index >= 15 is 0 Å². The van der Waals surface area contributed by atoms with E-state index < -0.39 is 6.10 Å². The molecule has 24 heavy (non-hydrogen) atoms. The maximum Gasteiger partial charge on any atom is 0.108 e. The zero-order chi connectivity index (χ0) is 16.8. The number of ether oxygens (including phenoxy) is 1. The zero-order valence-corrected chi connectivity index (χ0v) is 13.6. The van der Waals surface area contributed by atoms with E-state index in [1.165, 1.54) is 5.56 Å². The molecular formula is C19H21N3O2. The molecule has 2 aromatic carbocycles. The van der Waals surface area contributed by atoms with Gasteiger partial charge in [-0.1, -0.05) is 65.4 Å². The first-order valence-corrected chi connectivity index (χ1v) is 7.97. The molecule has 1 N–H and O–H groups in total. The molecule has 5 nitrogen and oxygen atoms in total. The Kier molecular flexibility index (Phi) is 5.36. The standard InChI is InChI=1S/C19H21N3O2/c1-15-7-9-17(10-8-15)19(16-5-3-2-4-6-16)24-14-18(23)13-22-12-11-20-21-22/h2-12,18-19,23H,13-14H2,1H3/t18-,19-/m0/s1. The lowest BCUT2D eigenvalue weighted by Gasteiger charge is -2.21. The number of hydrogen-bond acceptors (Lipinski definition) is 4. The molecule has 0 aliphatic heterocycles. The van der Waals surface area contributed by atoms with Crippen LogP contribution < -0.4 is 0 Å². The van der Waals surface area contributed by atoms with Gasteiger partial charge in [-0.2, -0.15) is 0 Å². The lowest BCUT2D eigenvalue weighted by atomic mass is 10.0. The van der Waals surface area contributed by atoms with Gasteiger partial charge in [0, 0.05) is 6.20 Å². The van der Waals surface area contributed by atoms with Crippen molar-refractivity contribution in [1.29, 1.82) is 0 Å². The lowest BCUT2D eigenvalue weighted by molar-refractivity contribution is -0.00209. The summed E-state index contributed by atoms with van der Waals surface area (Å²) in [6, 6.07) is 18.3. The fraction of sp³-hybridized carbons (Fsp3) is 0.263. The number of benzene rings is 2. The molecule has 1 aromatic heterocycles. The fourth-order valence-corrected chi connectivity index (χ4v) is 2.56. The molecule has 0 unspecified atom stereocenters. The molecule has 0 spiro atoms. The predicted octanol–water partition coefficient (Wildman–Crippen LogP) is 2.75. The van der Waals surface area contributed by atoms with E-state index in [4.69, 9.17) is 4.74 Å². The Bertz CT molecular complexity index is 727. The van der Waals surface area contributed by atoms with Crippen molar-refractivity contribution in [3.05, 3.63) is 83.7 Å². The van der Waals surface area contributed by atoms with Crippen molar-refractivity contribution in [1.82, 2.24) is 15.0 Å². The number of nitrogens with zero attached hydrogens (tertiary/aromatic N) is 3. The third-order valence-electron chi connectivity index (χ3n) is 3.81. The minimum Gasteiger partial charge on any atom is -0.389 e. The number of aromatic nitrogens is 3. The second kappa shape index (κ2) is 7.86. The van der Waals surface area contributed by atoms with E-state index in [1.54, 1.807) is 17.1 Å². The minimum atomic E-state index is -0.650. The summed E-state index contributed by atoms with van der Waals surface area (Å²) in [6.45, 7) is 2.63. The highest BCUT2D eigenvalue weighted by Crippen LogP contribution is 2.26. The van der Waals surface area contributed by atoms with Crippen molar-refractivity contribution in [3.8, 4) is 0 Å². The summed E-state index contributed by atoms with van der Waals surface area (Å²) in [4.78, 5) is 0. The number of hydrogen-bond donors (Lipinski definition) is 1. The molecule has 1 heterocycles. The van der Waals surface area contributed by atoms with Gasteiger partial charge in [0.15, 0.2) is 0 Å². The molecule has 3 rings (SSSR count). The van der Waals surface area contributed by atoms with Crippen molar-refractivity contribution in [2.24, 2.45) is 0 Å². The van der Waals surface area contributed by atoms with Crippen LogP contribution in [0.1, 0.15) is 22.8 Å². The molecule has 0 aliphatic carbocycles. The smallest absolute Gasteiger partial charge is 0.108 e. The van der Waals surface area contributed by atoms with E-state index in [1.807, 2.05) is 30.3 Å². The molecule has 0 aliphatic rings. The third kappa shape index (κ3) is 4.28. The van der Waals surface area contributed by atoms with E-state index in [0.29, 0.717) is 6.54 Å².